The fraction of sp³-hybridized carbons (Fsp3) is 0.600. The molecule has 2 rings (SSSR count). The Balaban J connectivity index is 2.18. The molecule has 1 aromatic heterocycles. The molecule has 0 atom stereocenters. The van der Waals surface area contributed by atoms with Gasteiger partial charge in [-0.15, -0.1) is 11.3 Å². The average Bonchev–Trinajstić information content (AvgIpc) is 2.78. The topological polar surface area (TPSA) is 83.6 Å². The molecule has 0 amide bonds. The Bertz CT molecular complexity index is 634. The number of rotatable bonds is 4. The van der Waals surface area contributed by atoms with Crippen LogP contribution in [0.2, 0.25) is 0 Å². The molecule has 6 nitrogen and oxygen atoms in total. The van der Waals surface area contributed by atoms with Gasteiger partial charge in [0.05, 0.1) is 16.4 Å². The summed E-state index contributed by atoms with van der Waals surface area (Å²) in [7, 11) is -4.84. The Kier molecular flexibility index (Phi) is 4.31. The molecule has 1 saturated heterocycles. The van der Waals surface area contributed by atoms with E-state index in [0.29, 0.717) is 6.54 Å². The van der Waals surface area contributed by atoms with Crippen LogP contribution in [0.5, 0.6) is 0 Å². The maximum Gasteiger partial charge on any atom is 0.243 e. The number of thiophene rings is 1. The lowest BCUT2D eigenvalue weighted by Gasteiger charge is -2.25. The van der Waals surface area contributed by atoms with Crippen molar-refractivity contribution in [3.8, 4) is 0 Å². The number of hydrogen-bond acceptors (Lipinski definition) is 6. The van der Waals surface area contributed by atoms with Gasteiger partial charge in [0.1, 0.15) is 0 Å². The Morgan fingerprint density at radius 3 is 2.58 bits per heavy atom. The normalized spacial score (nSPS) is 20.5. The Hall–Kier alpha value is -0.480. The molecule has 0 aromatic carbocycles. The van der Waals surface area contributed by atoms with Crippen LogP contribution < -0.4 is 5.32 Å². The van der Waals surface area contributed by atoms with Gasteiger partial charge < -0.3 is 5.32 Å². The molecular weight excluding hydrogens is 308 g/mol. The lowest BCUT2D eigenvalue weighted by Crippen LogP contribution is -2.43. The van der Waals surface area contributed by atoms with Crippen molar-refractivity contribution < 1.29 is 16.8 Å². The van der Waals surface area contributed by atoms with Crippen molar-refractivity contribution in [3.05, 3.63) is 16.3 Å². The molecule has 0 radical (unpaired) electrons. The molecule has 0 saturated carbocycles. The van der Waals surface area contributed by atoms with Gasteiger partial charge in [0.2, 0.25) is 10.0 Å². The first kappa shape index (κ1) is 14.9. The smallest absolute Gasteiger partial charge is 0.243 e. The van der Waals surface area contributed by atoms with E-state index in [2.05, 4.69) is 5.32 Å². The summed E-state index contributed by atoms with van der Waals surface area (Å²) < 4.78 is 48.6. The highest BCUT2D eigenvalue weighted by Gasteiger charge is 2.31. The lowest BCUT2D eigenvalue weighted by molar-refractivity contribution is 0.431. The zero-order valence-electron chi connectivity index (χ0n) is 10.5. The van der Waals surface area contributed by atoms with E-state index in [9.17, 15) is 16.8 Å². The predicted molar refractivity (Wildman–Crippen MR) is 74.5 cm³/mol. The minimum Gasteiger partial charge on any atom is -0.315 e. The molecule has 1 N–H and O–H groups in total. The summed E-state index contributed by atoms with van der Waals surface area (Å²) in [6.45, 7) is 0.707. The van der Waals surface area contributed by atoms with Crippen molar-refractivity contribution in [1.82, 2.24) is 9.62 Å². The van der Waals surface area contributed by atoms with Gasteiger partial charge in [-0.1, -0.05) is 0 Å². The van der Waals surface area contributed by atoms with Crippen molar-refractivity contribution in [3.63, 3.8) is 0 Å². The number of sulfonamides is 1. The van der Waals surface area contributed by atoms with Crippen LogP contribution in [0.25, 0.3) is 0 Å². The average molecular weight is 324 g/mol. The predicted octanol–water partition coefficient (Wildman–Crippen LogP) is -0.113. The van der Waals surface area contributed by atoms with E-state index in [4.69, 9.17) is 0 Å². The molecule has 0 aliphatic carbocycles. The highest BCUT2D eigenvalue weighted by atomic mass is 32.2. The fourth-order valence-corrected chi connectivity index (χ4v) is 6.00. The Morgan fingerprint density at radius 1 is 1.37 bits per heavy atom. The third kappa shape index (κ3) is 3.34. The molecule has 1 fully saturated rings. The van der Waals surface area contributed by atoms with Crippen LogP contribution in [-0.4, -0.2) is 52.8 Å². The van der Waals surface area contributed by atoms with E-state index in [0.717, 1.165) is 4.88 Å². The van der Waals surface area contributed by atoms with Crippen LogP contribution in [0, 0.1) is 0 Å². The second-order valence-corrected chi connectivity index (χ2v) is 9.57. The highest BCUT2D eigenvalue weighted by Crippen LogP contribution is 2.23. The van der Waals surface area contributed by atoms with Gasteiger partial charge in [-0.2, -0.15) is 4.31 Å². The monoisotopic (exact) mass is 324 g/mol. The van der Waals surface area contributed by atoms with Crippen molar-refractivity contribution in [2.24, 2.45) is 0 Å². The summed E-state index contributed by atoms with van der Waals surface area (Å²) in [5, 5.41) is 4.56. The van der Waals surface area contributed by atoms with Crippen LogP contribution in [0.1, 0.15) is 4.88 Å². The third-order valence-electron chi connectivity index (χ3n) is 2.92. The number of sulfone groups is 1. The third-order valence-corrected chi connectivity index (χ3v) is 7.49. The van der Waals surface area contributed by atoms with Crippen LogP contribution in [0.3, 0.4) is 0 Å². The second-order valence-electron chi connectivity index (χ2n) is 4.33. The maximum atomic E-state index is 12.3. The van der Waals surface area contributed by atoms with E-state index in [-0.39, 0.29) is 29.5 Å². The zero-order valence-corrected chi connectivity index (χ0v) is 12.9. The summed E-state index contributed by atoms with van der Waals surface area (Å²) in [5.74, 6) is -0.195. The van der Waals surface area contributed by atoms with E-state index in [1.165, 1.54) is 15.6 Å². The largest absolute Gasteiger partial charge is 0.315 e. The van der Waals surface area contributed by atoms with Crippen molar-refractivity contribution in [2.75, 3.05) is 31.6 Å². The van der Waals surface area contributed by atoms with Gasteiger partial charge in [0.15, 0.2) is 9.84 Å². The van der Waals surface area contributed by atoms with Gasteiger partial charge in [-0.3, -0.25) is 0 Å². The van der Waals surface area contributed by atoms with E-state index in [1.807, 2.05) is 0 Å². The van der Waals surface area contributed by atoms with Gasteiger partial charge in [-0.25, -0.2) is 16.8 Å². The molecule has 19 heavy (non-hydrogen) atoms. The van der Waals surface area contributed by atoms with Crippen molar-refractivity contribution in [1.29, 1.82) is 0 Å². The van der Waals surface area contributed by atoms with Crippen molar-refractivity contribution in [2.45, 2.75) is 11.4 Å². The zero-order chi connectivity index (χ0) is 14.1. The SMILES string of the molecule is CNCc1cc(S(=O)(=O)N2CCS(=O)(=O)CC2)cs1. The summed E-state index contributed by atoms with van der Waals surface area (Å²) in [6, 6.07) is 1.64. The molecular formula is C10H16N2O4S3. The second kappa shape index (κ2) is 5.49. The summed E-state index contributed by atoms with van der Waals surface area (Å²) in [6.07, 6.45) is 0. The first-order chi connectivity index (χ1) is 8.85. The van der Waals surface area contributed by atoms with Gasteiger partial charge in [0, 0.05) is 29.9 Å². The molecule has 108 valence electrons. The first-order valence-corrected chi connectivity index (χ1v) is 9.92. The summed E-state index contributed by atoms with van der Waals surface area (Å²) >= 11 is 1.38. The molecule has 0 spiro atoms. The molecule has 1 aromatic rings. The van der Waals surface area contributed by atoms with Gasteiger partial charge in [-0.05, 0) is 13.1 Å². The van der Waals surface area contributed by atoms with Crippen LogP contribution in [0.4, 0.5) is 0 Å². The standard InChI is InChI=1S/C10H16N2O4S3/c1-11-7-9-6-10(8-17-9)19(15,16)12-2-4-18(13,14)5-3-12/h6,8,11H,2-5,7H2,1H3. The minimum atomic E-state index is -3.56. The van der Waals surface area contributed by atoms with Crippen LogP contribution in [-0.2, 0) is 26.4 Å². The molecule has 2 heterocycles. The highest BCUT2D eigenvalue weighted by molar-refractivity contribution is 7.92. The molecule has 9 heteroatoms. The molecule has 0 unspecified atom stereocenters. The molecule has 0 bridgehead atoms. The Morgan fingerprint density at radius 2 is 2.00 bits per heavy atom. The fourth-order valence-electron chi connectivity index (χ4n) is 1.85. The Labute approximate surface area is 117 Å². The van der Waals surface area contributed by atoms with Crippen molar-refractivity contribution >= 4 is 31.2 Å². The lowest BCUT2D eigenvalue weighted by atomic mass is 10.5. The first-order valence-electron chi connectivity index (χ1n) is 5.78. The van der Waals surface area contributed by atoms with Gasteiger partial charge >= 0.3 is 0 Å². The molecule has 1 aliphatic heterocycles. The van der Waals surface area contributed by atoms with Crippen LogP contribution >= 0.6 is 11.3 Å². The summed E-state index contributed by atoms with van der Waals surface area (Å²) in [4.78, 5) is 1.19. The summed E-state index contributed by atoms with van der Waals surface area (Å²) in [5.41, 5.74) is 0. The van der Waals surface area contributed by atoms with E-state index in [1.54, 1.807) is 18.5 Å². The van der Waals surface area contributed by atoms with Gasteiger partial charge in [0.25, 0.3) is 0 Å². The molecule has 1 aliphatic rings. The minimum absolute atomic E-state index is 0.0435. The van der Waals surface area contributed by atoms with Crippen LogP contribution in [0.15, 0.2) is 16.3 Å². The number of nitrogens with zero attached hydrogens (tertiary/aromatic N) is 1. The maximum absolute atomic E-state index is 12.3. The van der Waals surface area contributed by atoms with E-state index < -0.39 is 19.9 Å². The van der Waals surface area contributed by atoms with E-state index >= 15 is 0 Å². The quantitative estimate of drug-likeness (QED) is 0.835. The number of nitrogens with one attached hydrogen (secondary N) is 1. The number of hydrogen-bond donors (Lipinski definition) is 1.